The number of benzene rings is 5. The SMILES string of the molecule is COc1ccc(-c2sc3cc(OC(=O)N4CCN(Cc5ccc(N(C(=N)c6cc(C(C)C)c(O)cc6O)C(N)=O)cc5)CC4)ccc3c2Oc2ccc(OCCN3CCCCC3)cc2)cc1. The third kappa shape index (κ3) is 10.7. The third-order valence-corrected chi connectivity index (χ3v) is 13.2. The first-order valence-electron chi connectivity index (χ1n) is 22.3. The molecule has 15 heteroatoms. The number of methoxy groups -OCH3 is 1. The Bertz CT molecular complexity index is 2660. The average Bonchev–Trinajstić information content (AvgIpc) is 3.67. The number of urea groups is 1. The summed E-state index contributed by atoms with van der Waals surface area (Å²) < 4.78 is 25.0. The van der Waals surface area contributed by atoms with E-state index in [0.717, 1.165) is 62.1 Å². The molecule has 2 aliphatic rings. The number of phenolic OH excluding ortho intramolecular Hbond substituents is 2. The zero-order valence-electron chi connectivity index (χ0n) is 37.5. The summed E-state index contributed by atoms with van der Waals surface area (Å²) >= 11 is 1.56. The molecule has 8 rings (SSSR count). The fraction of sp³-hybridized carbons (Fsp3) is 0.314. The van der Waals surface area contributed by atoms with Gasteiger partial charge in [0.1, 0.15) is 46.9 Å². The number of hydrogen-bond acceptors (Lipinski definition) is 12. The van der Waals surface area contributed by atoms with Crippen LogP contribution in [0.15, 0.2) is 103 Å². The number of carbonyl (C=O) groups excluding carboxylic acids is 2. The minimum atomic E-state index is -0.886. The summed E-state index contributed by atoms with van der Waals surface area (Å²) in [6.07, 6.45) is 3.40. The Labute approximate surface area is 388 Å². The van der Waals surface area contributed by atoms with Crippen LogP contribution in [0, 0.1) is 5.41 Å². The van der Waals surface area contributed by atoms with Crippen molar-refractivity contribution in [3.63, 3.8) is 0 Å². The molecule has 6 aromatic rings. The molecule has 1 aromatic heterocycles. The van der Waals surface area contributed by atoms with E-state index in [9.17, 15) is 19.8 Å². The number of aromatic hydroxyl groups is 2. The number of thiophene rings is 1. The van der Waals surface area contributed by atoms with Crippen molar-refractivity contribution in [2.75, 3.05) is 64.4 Å². The topological polar surface area (TPSA) is 174 Å². The molecule has 0 radical (unpaired) electrons. The molecule has 0 atom stereocenters. The van der Waals surface area contributed by atoms with Gasteiger partial charge in [-0.05, 0) is 133 Å². The molecule has 344 valence electrons. The maximum absolute atomic E-state index is 13.5. The molecule has 3 amide bonds. The quantitative estimate of drug-likeness (QED) is 0.0608. The van der Waals surface area contributed by atoms with E-state index in [0.29, 0.717) is 67.8 Å². The summed E-state index contributed by atoms with van der Waals surface area (Å²) in [5, 5.41) is 30.5. The van der Waals surface area contributed by atoms with Gasteiger partial charge < -0.3 is 39.8 Å². The predicted molar refractivity (Wildman–Crippen MR) is 258 cm³/mol. The van der Waals surface area contributed by atoms with Crippen LogP contribution in [0.3, 0.4) is 0 Å². The second kappa shape index (κ2) is 20.6. The van der Waals surface area contributed by atoms with Crippen LogP contribution >= 0.6 is 11.3 Å². The Morgan fingerprint density at radius 2 is 1.44 bits per heavy atom. The molecule has 0 aliphatic carbocycles. The van der Waals surface area contributed by atoms with Gasteiger partial charge in [-0.1, -0.05) is 32.4 Å². The van der Waals surface area contributed by atoms with Crippen molar-refractivity contribution in [2.45, 2.75) is 45.6 Å². The van der Waals surface area contributed by atoms with Gasteiger partial charge in [0, 0.05) is 55.4 Å². The van der Waals surface area contributed by atoms with Crippen LogP contribution < -0.4 is 29.6 Å². The molecule has 5 N–H and O–H groups in total. The first kappa shape index (κ1) is 45.7. The predicted octanol–water partition coefficient (Wildman–Crippen LogP) is 10.00. The van der Waals surface area contributed by atoms with Gasteiger partial charge in [0.2, 0.25) is 0 Å². The summed E-state index contributed by atoms with van der Waals surface area (Å²) in [5.41, 5.74) is 8.62. The normalized spacial score (nSPS) is 14.6. The number of amidine groups is 1. The Morgan fingerprint density at radius 1 is 0.773 bits per heavy atom. The number of phenols is 2. The molecular weight excluding hydrogens is 857 g/mol. The molecule has 2 aliphatic heterocycles. The van der Waals surface area contributed by atoms with Gasteiger partial charge in [0.15, 0.2) is 5.75 Å². The molecule has 0 unspecified atom stereocenters. The number of likely N-dealkylation sites (tertiary alicyclic amines) is 1. The van der Waals surface area contributed by atoms with Crippen LogP contribution in [0.5, 0.6) is 40.2 Å². The molecule has 2 saturated heterocycles. The number of nitrogens with two attached hydrogens (primary N) is 1. The third-order valence-electron chi connectivity index (χ3n) is 12.0. The maximum Gasteiger partial charge on any atom is 0.415 e. The second-order valence-corrected chi connectivity index (χ2v) is 17.9. The van der Waals surface area contributed by atoms with Crippen molar-refractivity contribution in [3.05, 3.63) is 120 Å². The standard InChI is InChI=1S/C51H56N6O8S/c1-33(2)42-30-43(45(59)31-44(42)58)49(52)57(50(53)60)36-11-7-34(8-12-36)32-55-23-25-56(26-24-55)51(61)65-40-19-20-41-46(29-40)66-48(35-9-13-37(62-3)14-10-35)47(41)64-39-17-15-38(16-18-39)63-28-27-54-21-5-4-6-22-54/h7-20,29-31,33,52,58-59H,4-6,21-28,32H2,1-3H3,(H2,53,60). The van der Waals surface area contributed by atoms with E-state index in [1.807, 2.05) is 86.6 Å². The number of hydrogen-bond donors (Lipinski definition) is 4. The number of rotatable bonds is 14. The van der Waals surface area contributed by atoms with E-state index in [2.05, 4.69) is 9.80 Å². The number of piperazine rings is 1. The number of ether oxygens (including phenoxy) is 4. The van der Waals surface area contributed by atoms with Crippen molar-refractivity contribution < 1.29 is 38.7 Å². The maximum atomic E-state index is 13.5. The number of nitrogens with zero attached hydrogens (tertiary/aromatic N) is 4. The van der Waals surface area contributed by atoms with E-state index >= 15 is 0 Å². The minimum Gasteiger partial charge on any atom is -0.508 e. The Kier molecular flexibility index (Phi) is 14.3. The number of primary amides is 1. The van der Waals surface area contributed by atoms with Gasteiger partial charge in [0.25, 0.3) is 0 Å². The fourth-order valence-electron chi connectivity index (χ4n) is 8.34. The zero-order valence-corrected chi connectivity index (χ0v) is 38.3. The summed E-state index contributed by atoms with van der Waals surface area (Å²) in [7, 11) is 1.64. The number of nitrogens with one attached hydrogen (secondary N) is 1. The summed E-state index contributed by atoms with van der Waals surface area (Å²) in [6, 6.07) is 30.1. The van der Waals surface area contributed by atoms with Gasteiger partial charge >= 0.3 is 12.1 Å². The molecule has 0 saturated carbocycles. The monoisotopic (exact) mass is 912 g/mol. The lowest BCUT2D eigenvalue weighted by molar-refractivity contribution is 0.108. The fourth-order valence-corrected chi connectivity index (χ4v) is 9.51. The minimum absolute atomic E-state index is 0.0720. The molecular formula is C51H56N6O8S. The Hall–Kier alpha value is -6.81. The molecule has 0 spiro atoms. The number of fused-ring (bicyclic) bond motifs is 1. The largest absolute Gasteiger partial charge is 0.508 e. The molecule has 14 nitrogen and oxygen atoms in total. The summed E-state index contributed by atoms with van der Waals surface area (Å²) in [6.45, 7) is 10.4. The van der Waals surface area contributed by atoms with Crippen LogP contribution in [0.1, 0.15) is 55.7 Å². The van der Waals surface area contributed by atoms with E-state index < -0.39 is 12.1 Å². The zero-order chi connectivity index (χ0) is 46.3. The molecule has 5 aromatic carbocycles. The smallest absolute Gasteiger partial charge is 0.415 e. The van der Waals surface area contributed by atoms with E-state index in [4.69, 9.17) is 30.1 Å². The molecule has 66 heavy (non-hydrogen) atoms. The van der Waals surface area contributed by atoms with Crippen LogP contribution in [0.4, 0.5) is 15.3 Å². The van der Waals surface area contributed by atoms with Crippen LogP contribution in [0.25, 0.3) is 20.5 Å². The van der Waals surface area contributed by atoms with E-state index in [1.165, 1.54) is 31.4 Å². The number of amides is 3. The van der Waals surface area contributed by atoms with Crippen molar-refractivity contribution in [3.8, 4) is 50.7 Å². The lowest BCUT2D eigenvalue weighted by Gasteiger charge is -2.34. The van der Waals surface area contributed by atoms with E-state index in [-0.39, 0.29) is 28.8 Å². The van der Waals surface area contributed by atoms with Crippen LogP contribution in [-0.4, -0.2) is 102 Å². The van der Waals surface area contributed by atoms with Gasteiger partial charge in [0.05, 0.1) is 23.2 Å². The van der Waals surface area contributed by atoms with Crippen LogP contribution in [-0.2, 0) is 6.54 Å². The number of piperidine rings is 1. The van der Waals surface area contributed by atoms with Crippen molar-refractivity contribution in [1.29, 1.82) is 5.41 Å². The molecule has 0 bridgehead atoms. The highest BCUT2D eigenvalue weighted by Gasteiger charge is 2.26. The second-order valence-electron chi connectivity index (χ2n) is 16.9. The van der Waals surface area contributed by atoms with Crippen molar-refractivity contribution in [1.82, 2.24) is 14.7 Å². The number of carbonyl (C=O) groups is 2. The lowest BCUT2D eigenvalue weighted by atomic mass is 9.98. The van der Waals surface area contributed by atoms with Gasteiger partial charge in [-0.2, -0.15) is 0 Å². The van der Waals surface area contributed by atoms with Gasteiger partial charge in [-0.25, -0.2) is 14.5 Å². The van der Waals surface area contributed by atoms with Crippen molar-refractivity contribution >= 4 is 45.1 Å². The highest BCUT2D eigenvalue weighted by Crippen LogP contribution is 2.47. The Balaban J connectivity index is 0.888. The first-order valence-corrected chi connectivity index (χ1v) is 23.1. The van der Waals surface area contributed by atoms with E-state index in [1.54, 1.807) is 41.5 Å². The van der Waals surface area contributed by atoms with Gasteiger partial charge in [-0.15, -0.1) is 11.3 Å². The number of anilines is 1. The average molecular weight is 913 g/mol. The highest BCUT2D eigenvalue weighted by molar-refractivity contribution is 7.22. The molecule has 3 heterocycles. The van der Waals surface area contributed by atoms with Crippen molar-refractivity contribution in [2.24, 2.45) is 5.73 Å². The first-order chi connectivity index (χ1) is 31.9. The van der Waals surface area contributed by atoms with Gasteiger partial charge in [-0.3, -0.25) is 15.2 Å². The lowest BCUT2D eigenvalue weighted by Crippen LogP contribution is -2.49. The Morgan fingerprint density at radius 3 is 2.11 bits per heavy atom. The molecule has 2 fully saturated rings. The summed E-state index contributed by atoms with van der Waals surface area (Å²) in [4.78, 5) is 34.4. The van der Waals surface area contributed by atoms with Crippen LogP contribution in [0.2, 0.25) is 0 Å². The summed E-state index contributed by atoms with van der Waals surface area (Å²) in [5.74, 6) is 2.56. The highest BCUT2D eigenvalue weighted by atomic mass is 32.1.